The predicted octanol–water partition coefficient (Wildman–Crippen LogP) is 3.87. The molecule has 1 aliphatic heterocycles. The summed E-state index contributed by atoms with van der Waals surface area (Å²) in [6.45, 7) is 1.92. The molecule has 6 nitrogen and oxygen atoms in total. The number of aromatic nitrogens is 2. The normalized spacial score (nSPS) is 17.3. The molecule has 1 atom stereocenters. The minimum Gasteiger partial charge on any atom is -0.390 e. The summed E-state index contributed by atoms with van der Waals surface area (Å²) in [6, 6.07) is 4.71. The van der Waals surface area contributed by atoms with Crippen LogP contribution in [0.3, 0.4) is 0 Å². The molecular formula is C20H21ClF3N5O. The zero-order valence-electron chi connectivity index (χ0n) is 16.6. The molecule has 2 aromatic rings. The third-order valence-electron chi connectivity index (χ3n) is 5.20. The molecule has 0 fully saturated rings. The van der Waals surface area contributed by atoms with E-state index < -0.39 is 22.7 Å². The number of hydrogen-bond acceptors (Lipinski definition) is 4. The van der Waals surface area contributed by atoms with Gasteiger partial charge in [-0.2, -0.15) is 18.3 Å². The fourth-order valence-corrected chi connectivity index (χ4v) is 3.86. The molecule has 0 radical (unpaired) electrons. The largest absolute Gasteiger partial charge is 0.417 e. The summed E-state index contributed by atoms with van der Waals surface area (Å²) in [6.07, 6.45) is -2.69. The Morgan fingerprint density at radius 2 is 2.03 bits per heavy atom. The van der Waals surface area contributed by atoms with Gasteiger partial charge in [0.2, 0.25) is 0 Å². The van der Waals surface area contributed by atoms with E-state index in [1.54, 1.807) is 38.0 Å². The molecule has 0 aliphatic carbocycles. The van der Waals surface area contributed by atoms with Crippen molar-refractivity contribution in [3.05, 3.63) is 63.6 Å². The van der Waals surface area contributed by atoms with Crippen LogP contribution in [0.15, 0.2) is 41.7 Å². The van der Waals surface area contributed by atoms with E-state index in [4.69, 9.17) is 17.0 Å². The number of nitrogens with zero attached hydrogens (tertiary/aromatic N) is 3. The second-order valence-electron chi connectivity index (χ2n) is 7.07. The number of carbonyl (C=O) groups is 1. The van der Waals surface area contributed by atoms with Crippen LogP contribution in [0.2, 0.25) is 5.02 Å². The van der Waals surface area contributed by atoms with Crippen LogP contribution in [-0.4, -0.2) is 45.9 Å². The molecule has 0 saturated heterocycles. The minimum atomic E-state index is -4.65. The summed E-state index contributed by atoms with van der Waals surface area (Å²) in [5.74, 6) is -0.586. The van der Waals surface area contributed by atoms with Crippen LogP contribution >= 0.6 is 11.6 Å². The van der Waals surface area contributed by atoms with Crippen molar-refractivity contribution < 1.29 is 18.0 Å². The minimum absolute atomic E-state index is 0.124. The number of halogens is 4. The molecule has 1 unspecified atom stereocenters. The van der Waals surface area contributed by atoms with Crippen LogP contribution in [0.5, 0.6) is 0 Å². The van der Waals surface area contributed by atoms with Gasteiger partial charge in [0.25, 0.3) is 5.91 Å². The number of rotatable bonds is 4. The quantitative estimate of drug-likeness (QED) is 0.710. The first-order valence-corrected chi connectivity index (χ1v) is 9.57. The van der Waals surface area contributed by atoms with Crippen LogP contribution in [0.1, 0.15) is 35.0 Å². The van der Waals surface area contributed by atoms with E-state index in [0.717, 1.165) is 11.6 Å². The first kappa shape index (κ1) is 21.9. The lowest BCUT2D eigenvalue weighted by Crippen LogP contribution is -2.46. The average Bonchev–Trinajstić information content (AvgIpc) is 3.11. The molecule has 1 aromatic carbocycles. The zero-order valence-corrected chi connectivity index (χ0v) is 17.4. The maximum Gasteiger partial charge on any atom is 0.417 e. The number of hydrogen-bond donors (Lipinski definition) is 2. The first-order valence-electron chi connectivity index (χ1n) is 9.20. The van der Waals surface area contributed by atoms with Crippen molar-refractivity contribution in [2.75, 3.05) is 13.6 Å². The highest BCUT2D eigenvalue weighted by Gasteiger charge is 2.37. The van der Waals surface area contributed by atoms with E-state index in [1.807, 2.05) is 0 Å². The van der Waals surface area contributed by atoms with Crippen molar-refractivity contribution in [2.24, 2.45) is 7.05 Å². The van der Waals surface area contributed by atoms with E-state index in [9.17, 15) is 18.0 Å². The van der Waals surface area contributed by atoms with Gasteiger partial charge < -0.3 is 10.2 Å². The molecule has 0 bridgehead atoms. The molecule has 3 rings (SSSR count). The van der Waals surface area contributed by atoms with Gasteiger partial charge in [0.15, 0.2) is 0 Å². The number of amides is 1. The lowest BCUT2D eigenvalue weighted by Gasteiger charge is -2.37. The van der Waals surface area contributed by atoms with Crippen LogP contribution < -0.4 is 5.32 Å². The maximum absolute atomic E-state index is 13.2. The third kappa shape index (κ3) is 3.94. The van der Waals surface area contributed by atoms with Crippen LogP contribution in [0.4, 0.5) is 13.2 Å². The van der Waals surface area contributed by atoms with E-state index in [2.05, 4.69) is 10.4 Å². The van der Waals surface area contributed by atoms with Crippen molar-refractivity contribution >= 4 is 23.2 Å². The Hall–Kier alpha value is -2.81. The smallest absolute Gasteiger partial charge is 0.390 e. The number of carbonyl (C=O) groups excluding carboxylic acids is 1. The Labute approximate surface area is 176 Å². The van der Waals surface area contributed by atoms with Gasteiger partial charge in [0.1, 0.15) is 0 Å². The van der Waals surface area contributed by atoms with Gasteiger partial charge >= 0.3 is 6.18 Å². The number of likely N-dealkylation sites (N-methyl/N-ethyl adjacent to an activating group) is 1. The van der Waals surface area contributed by atoms with Gasteiger partial charge in [-0.05, 0) is 31.5 Å². The molecule has 160 valence electrons. The van der Waals surface area contributed by atoms with Crippen molar-refractivity contribution in [1.82, 2.24) is 20.0 Å². The summed E-state index contributed by atoms with van der Waals surface area (Å²) >= 11 is 5.95. The number of nitrogens with one attached hydrogen (secondary N) is 2. The van der Waals surface area contributed by atoms with Gasteiger partial charge in [-0.1, -0.05) is 17.7 Å². The standard InChI is InChI=1S/C20H21ClF3N5O/c1-11-9-13(18(25)16-7-8-27-28(16)3)15(26-2)10-29(11)19(30)12-5-4-6-14(17(12)21)20(22,23)24/h4-8,11,25-26H,9-10H2,1-3H3. The predicted molar refractivity (Wildman–Crippen MR) is 108 cm³/mol. The fourth-order valence-electron chi connectivity index (χ4n) is 3.55. The van der Waals surface area contributed by atoms with Crippen LogP contribution in [0.25, 0.3) is 0 Å². The summed E-state index contributed by atoms with van der Waals surface area (Å²) in [5, 5.41) is 15.1. The second-order valence-corrected chi connectivity index (χ2v) is 7.45. The lowest BCUT2D eigenvalue weighted by molar-refractivity contribution is -0.137. The van der Waals surface area contributed by atoms with Gasteiger partial charge in [0.05, 0.1) is 34.1 Å². The van der Waals surface area contributed by atoms with Gasteiger partial charge in [0, 0.05) is 37.6 Å². The topological polar surface area (TPSA) is 74.0 Å². The Balaban J connectivity index is 1.95. The Morgan fingerprint density at radius 1 is 1.33 bits per heavy atom. The van der Waals surface area contributed by atoms with Crippen LogP contribution in [0, 0.1) is 5.41 Å². The summed E-state index contributed by atoms with van der Waals surface area (Å²) in [5.41, 5.74) is 1.06. The molecule has 1 aromatic heterocycles. The van der Waals surface area contributed by atoms with E-state index >= 15 is 0 Å². The Morgan fingerprint density at radius 3 is 2.60 bits per heavy atom. The second kappa shape index (κ2) is 8.14. The molecule has 1 amide bonds. The van der Waals surface area contributed by atoms with E-state index in [-0.39, 0.29) is 23.9 Å². The van der Waals surface area contributed by atoms with E-state index in [1.165, 1.54) is 17.0 Å². The van der Waals surface area contributed by atoms with Crippen molar-refractivity contribution in [2.45, 2.75) is 25.6 Å². The summed E-state index contributed by atoms with van der Waals surface area (Å²) < 4.78 is 41.1. The summed E-state index contributed by atoms with van der Waals surface area (Å²) in [4.78, 5) is 14.6. The molecule has 1 aliphatic rings. The highest BCUT2D eigenvalue weighted by molar-refractivity contribution is 6.34. The fraction of sp³-hybridized carbons (Fsp3) is 0.350. The number of benzene rings is 1. The molecule has 0 spiro atoms. The molecule has 30 heavy (non-hydrogen) atoms. The SMILES string of the molecule is CNC1=C(C(=N)c2ccnn2C)CC(C)N(C(=O)c2cccc(C(F)(F)F)c2Cl)C1. The summed E-state index contributed by atoms with van der Waals surface area (Å²) in [7, 11) is 3.42. The van der Waals surface area contributed by atoms with Crippen molar-refractivity contribution in [3.8, 4) is 0 Å². The van der Waals surface area contributed by atoms with Gasteiger partial charge in [-0.25, -0.2) is 0 Å². The molecular weight excluding hydrogens is 419 g/mol. The van der Waals surface area contributed by atoms with Crippen molar-refractivity contribution in [1.29, 1.82) is 5.41 Å². The Kier molecular flexibility index (Phi) is 5.94. The molecule has 2 N–H and O–H groups in total. The molecule has 2 heterocycles. The van der Waals surface area contributed by atoms with Gasteiger partial charge in [-0.3, -0.25) is 14.9 Å². The zero-order chi connectivity index (χ0) is 22.2. The van der Waals surface area contributed by atoms with Gasteiger partial charge in [-0.15, -0.1) is 0 Å². The highest BCUT2D eigenvalue weighted by atomic mass is 35.5. The van der Waals surface area contributed by atoms with Crippen molar-refractivity contribution in [3.63, 3.8) is 0 Å². The Bertz CT molecular complexity index is 1030. The lowest BCUT2D eigenvalue weighted by atomic mass is 9.92. The number of aryl methyl sites for hydroxylation is 1. The third-order valence-corrected chi connectivity index (χ3v) is 5.61. The highest BCUT2D eigenvalue weighted by Crippen LogP contribution is 2.37. The molecule has 10 heteroatoms. The van der Waals surface area contributed by atoms with E-state index in [0.29, 0.717) is 17.8 Å². The number of alkyl halides is 3. The molecule has 0 saturated carbocycles. The maximum atomic E-state index is 13.2. The average molecular weight is 440 g/mol. The first-order chi connectivity index (χ1) is 14.1. The monoisotopic (exact) mass is 439 g/mol. The van der Waals surface area contributed by atoms with Crippen LogP contribution in [-0.2, 0) is 13.2 Å².